The smallest absolute Gasteiger partial charge is 0.326 e. The Balaban J connectivity index is 1.57. The second kappa shape index (κ2) is 7.30. The molecule has 8 heteroatoms. The molecule has 2 aromatic carbocycles. The molecule has 0 saturated heterocycles. The Kier molecular flexibility index (Phi) is 4.92. The maximum Gasteiger partial charge on any atom is 0.326 e. The lowest BCUT2D eigenvalue weighted by atomic mass is 10.3. The third-order valence-corrected chi connectivity index (χ3v) is 3.70. The van der Waals surface area contributed by atoms with Crippen molar-refractivity contribution in [1.82, 2.24) is 9.55 Å². The van der Waals surface area contributed by atoms with E-state index < -0.39 is 30.1 Å². The fourth-order valence-electron chi connectivity index (χ4n) is 2.49. The van der Waals surface area contributed by atoms with Gasteiger partial charge in [-0.1, -0.05) is 12.1 Å². The number of halogens is 2. The molecular formula is C18H15F2N3O3. The molecule has 0 fully saturated rings. The number of hydrogen-bond acceptors (Lipinski definition) is 4. The van der Waals surface area contributed by atoms with E-state index in [0.29, 0.717) is 5.82 Å². The van der Waals surface area contributed by atoms with Crippen LogP contribution >= 0.6 is 0 Å². The largest absolute Gasteiger partial charge is 0.454 e. The zero-order chi connectivity index (χ0) is 18.7. The number of amides is 1. The number of nitrogens with zero attached hydrogens (tertiary/aromatic N) is 2. The molecule has 0 aliphatic carbocycles. The lowest BCUT2D eigenvalue weighted by molar-refractivity contribution is -0.147. The summed E-state index contributed by atoms with van der Waals surface area (Å²) in [7, 11) is 0. The summed E-state index contributed by atoms with van der Waals surface area (Å²) in [6.07, 6.45) is 0. The molecular weight excluding hydrogens is 344 g/mol. The molecule has 3 aromatic rings. The number of rotatable bonds is 5. The summed E-state index contributed by atoms with van der Waals surface area (Å²) < 4.78 is 32.6. The molecule has 0 unspecified atom stereocenters. The van der Waals surface area contributed by atoms with Crippen molar-refractivity contribution in [3.05, 3.63) is 59.9 Å². The first-order valence-corrected chi connectivity index (χ1v) is 7.76. The average Bonchev–Trinajstić information content (AvgIpc) is 2.92. The van der Waals surface area contributed by atoms with Crippen molar-refractivity contribution < 1.29 is 23.1 Å². The lowest BCUT2D eigenvalue weighted by Crippen LogP contribution is -2.23. The van der Waals surface area contributed by atoms with E-state index in [1.807, 2.05) is 24.3 Å². The van der Waals surface area contributed by atoms with Crippen molar-refractivity contribution in [3.63, 3.8) is 0 Å². The Hall–Kier alpha value is -3.29. The van der Waals surface area contributed by atoms with Gasteiger partial charge in [0.1, 0.15) is 12.4 Å². The molecule has 0 saturated carbocycles. The van der Waals surface area contributed by atoms with Crippen molar-refractivity contribution in [2.75, 3.05) is 11.9 Å². The van der Waals surface area contributed by atoms with Crippen LogP contribution in [0.25, 0.3) is 11.0 Å². The Morgan fingerprint density at radius 2 is 1.92 bits per heavy atom. The van der Waals surface area contributed by atoms with Gasteiger partial charge in [-0.3, -0.25) is 9.59 Å². The monoisotopic (exact) mass is 359 g/mol. The fourth-order valence-corrected chi connectivity index (χ4v) is 2.49. The van der Waals surface area contributed by atoms with Crippen LogP contribution in [0.15, 0.2) is 42.5 Å². The number of carbonyl (C=O) groups is 2. The maximum absolute atomic E-state index is 13.1. The molecule has 6 nitrogen and oxygen atoms in total. The summed E-state index contributed by atoms with van der Waals surface area (Å²) in [5, 5.41) is 2.32. The molecule has 26 heavy (non-hydrogen) atoms. The van der Waals surface area contributed by atoms with Crippen LogP contribution in [0.1, 0.15) is 5.82 Å². The van der Waals surface area contributed by atoms with Crippen molar-refractivity contribution in [1.29, 1.82) is 0 Å². The van der Waals surface area contributed by atoms with Crippen LogP contribution < -0.4 is 5.32 Å². The van der Waals surface area contributed by atoms with Crippen molar-refractivity contribution in [2.24, 2.45) is 0 Å². The van der Waals surface area contributed by atoms with Crippen LogP contribution in [0.5, 0.6) is 0 Å². The zero-order valence-electron chi connectivity index (χ0n) is 13.8. The van der Waals surface area contributed by atoms with Crippen LogP contribution in [0.3, 0.4) is 0 Å². The zero-order valence-corrected chi connectivity index (χ0v) is 13.8. The topological polar surface area (TPSA) is 73.2 Å². The predicted octanol–water partition coefficient (Wildman–Crippen LogP) is 2.80. The van der Waals surface area contributed by atoms with Gasteiger partial charge in [0.15, 0.2) is 18.2 Å². The van der Waals surface area contributed by atoms with E-state index in [9.17, 15) is 18.4 Å². The lowest BCUT2D eigenvalue weighted by Gasteiger charge is -2.09. The molecule has 1 N–H and O–H groups in total. The van der Waals surface area contributed by atoms with Crippen molar-refractivity contribution >= 4 is 28.6 Å². The first-order chi connectivity index (χ1) is 12.4. The van der Waals surface area contributed by atoms with Crippen LogP contribution in [0.4, 0.5) is 14.5 Å². The maximum atomic E-state index is 13.1. The van der Waals surface area contributed by atoms with E-state index in [0.717, 1.165) is 23.2 Å². The molecule has 134 valence electrons. The SMILES string of the molecule is Cc1nc2ccccc2n1CC(=O)OCC(=O)Nc1ccc(F)c(F)c1. The highest BCUT2D eigenvalue weighted by atomic mass is 19.2. The first-order valence-electron chi connectivity index (χ1n) is 7.76. The molecule has 0 atom stereocenters. The molecule has 0 radical (unpaired) electrons. The van der Waals surface area contributed by atoms with Gasteiger partial charge in [0.25, 0.3) is 5.91 Å². The number of hydrogen-bond donors (Lipinski definition) is 1. The number of fused-ring (bicyclic) bond motifs is 1. The van der Waals surface area contributed by atoms with Gasteiger partial charge in [-0.2, -0.15) is 0 Å². The van der Waals surface area contributed by atoms with E-state index >= 15 is 0 Å². The van der Waals surface area contributed by atoms with E-state index in [1.165, 1.54) is 6.07 Å². The van der Waals surface area contributed by atoms with Crippen molar-refractivity contribution in [2.45, 2.75) is 13.5 Å². The minimum atomic E-state index is -1.08. The molecule has 1 amide bonds. The Morgan fingerprint density at radius 3 is 2.69 bits per heavy atom. The summed E-state index contributed by atoms with van der Waals surface area (Å²) in [4.78, 5) is 28.1. The number of benzene rings is 2. The Morgan fingerprint density at radius 1 is 1.15 bits per heavy atom. The van der Waals surface area contributed by atoms with Gasteiger partial charge in [-0.25, -0.2) is 13.8 Å². The quantitative estimate of drug-likeness (QED) is 0.711. The van der Waals surface area contributed by atoms with Gasteiger partial charge in [-0.15, -0.1) is 0 Å². The molecule has 0 spiro atoms. The molecule has 1 heterocycles. The van der Waals surface area contributed by atoms with E-state index in [-0.39, 0.29) is 12.2 Å². The van der Waals surface area contributed by atoms with Gasteiger partial charge < -0.3 is 14.6 Å². The molecule has 0 bridgehead atoms. The summed E-state index contributed by atoms with van der Waals surface area (Å²) in [6, 6.07) is 10.3. The standard InChI is InChI=1S/C18H15F2N3O3/c1-11-21-15-4-2-3-5-16(15)23(11)9-18(25)26-10-17(24)22-12-6-7-13(19)14(20)8-12/h2-8H,9-10H2,1H3,(H,22,24). The van der Waals surface area contributed by atoms with Gasteiger partial charge in [0.05, 0.1) is 11.0 Å². The number of carbonyl (C=O) groups excluding carboxylic acids is 2. The summed E-state index contributed by atoms with van der Waals surface area (Å²) in [6.45, 7) is 1.14. The van der Waals surface area contributed by atoms with Gasteiger partial charge in [0, 0.05) is 11.8 Å². The molecule has 3 rings (SSSR count). The van der Waals surface area contributed by atoms with E-state index in [2.05, 4.69) is 10.3 Å². The molecule has 0 aliphatic heterocycles. The van der Waals surface area contributed by atoms with Gasteiger partial charge in [-0.05, 0) is 31.2 Å². The minimum Gasteiger partial charge on any atom is -0.454 e. The minimum absolute atomic E-state index is 0.0707. The first kappa shape index (κ1) is 17.5. The number of anilines is 1. The number of para-hydroxylation sites is 2. The summed E-state index contributed by atoms with van der Waals surface area (Å²) >= 11 is 0. The number of ether oxygens (including phenoxy) is 1. The second-order valence-corrected chi connectivity index (χ2v) is 5.57. The third-order valence-electron chi connectivity index (χ3n) is 3.70. The number of imidazole rings is 1. The third kappa shape index (κ3) is 3.85. The van der Waals surface area contributed by atoms with Gasteiger partial charge in [0.2, 0.25) is 0 Å². The fraction of sp³-hybridized carbons (Fsp3) is 0.167. The number of nitrogens with one attached hydrogen (secondary N) is 1. The van der Waals surface area contributed by atoms with E-state index in [1.54, 1.807) is 11.5 Å². The van der Waals surface area contributed by atoms with E-state index in [4.69, 9.17) is 4.74 Å². The van der Waals surface area contributed by atoms with Crippen LogP contribution in [-0.4, -0.2) is 28.0 Å². The highest BCUT2D eigenvalue weighted by Gasteiger charge is 2.13. The highest BCUT2D eigenvalue weighted by molar-refractivity contribution is 5.92. The highest BCUT2D eigenvalue weighted by Crippen LogP contribution is 2.15. The van der Waals surface area contributed by atoms with Crippen LogP contribution in [-0.2, 0) is 20.9 Å². The van der Waals surface area contributed by atoms with Crippen LogP contribution in [0, 0.1) is 18.6 Å². The Bertz CT molecular complexity index is 985. The van der Waals surface area contributed by atoms with Crippen LogP contribution in [0.2, 0.25) is 0 Å². The molecule has 0 aliphatic rings. The van der Waals surface area contributed by atoms with Gasteiger partial charge >= 0.3 is 5.97 Å². The normalized spacial score (nSPS) is 10.7. The Labute approximate surface area is 147 Å². The van der Waals surface area contributed by atoms with Crippen molar-refractivity contribution in [3.8, 4) is 0 Å². The number of esters is 1. The molecule has 1 aromatic heterocycles. The summed E-state index contributed by atoms with van der Waals surface area (Å²) in [5.74, 6) is -2.72. The number of aromatic nitrogens is 2. The number of aryl methyl sites for hydroxylation is 1. The predicted molar refractivity (Wildman–Crippen MR) is 90.4 cm³/mol. The second-order valence-electron chi connectivity index (χ2n) is 5.57. The average molecular weight is 359 g/mol. The summed E-state index contributed by atoms with van der Waals surface area (Å²) in [5.41, 5.74) is 1.61.